The van der Waals surface area contributed by atoms with Crippen LogP contribution in [0.5, 0.6) is 0 Å². The van der Waals surface area contributed by atoms with Gasteiger partial charge in [0, 0.05) is 18.8 Å². The van der Waals surface area contributed by atoms with Crippen molar-refractivity contribution in [1.82, 2.24) is 19.5 Å². The van der Waals surface area contributed by atoms with Gasteiger partial charge in [0.15, 0.2) is 17.0 Å². The van der Waals surface area contributed by atoms with Crippen LogP contribution in [0.15, 0.2) is 6.33 Å². The molecule has 2 saturated heterocycles. The molecule has 2 aliphatic rings. The monoisotopic (exact) mass is 336 g/mol. The van der Waals surface area contributed by atoms with E-state index < -0.39 is 12.2 Å². The minimum absolute atomic E-state index is 0.318. The van der Waals surface area contributed by atoms with Crippen molar-refractivity contribution in [2.75, 3.05) is 29.5 Å². The molecule has 0 aliphatic carbocycles. The smallest absolute Gasteiger partial charge is 0.209 e. The van der Waals surface area contributed by atoms with Gasteiger partial charge in [-0.2, -0.15) is 0 Å². The number of anilines is 2. The van der Waals surface area contributed by atoms with E-state index in [1.807, 2.05) is 4.57 Å². The van der Waals surface area contributed by atoms with Crippen LogP contribution in [-0.4, -0.2) is 60.8 Å². The first kappa shape index (κ1) is 15.0. The number of rotatable bonds is 2. The predicted octanol–water partition coefficient (Wildman–Crippen LogP) is 0.366. The largest absolute Gasteiger partial charge is 0.389 e. The number of nitrogens with two attached hydrogens (primary N) is 1. The number of nitrogens with zero attached hydrogens (tertiary/aromatic N) is 5. The quantitative estimate of drug-likeness (QED) is 0.721. The molecule has 0 bridgehead atoms. The Morgan fingerprint density at radius 2 is 1.96 bits per heavy atom. The molecule has 0 spiro atoms. The summed E-state index contributed by atoms with van der Waals surface area (Å²) in [5.41, 5.74) is 7.14. The number of piperidine rings is 1. The molecule has 9 heteroatoms. The number of hydrogen-bond donors (Lipinski definition) is 3. The Morgan fingerprint density at radius 3 is 2.65 bits per heavy atom. The van der Waals surface area contributed by atoms with E-state index in [4.69, 9.17) is 5.73 Å². The summed E-state index contributed by atoms with van der Waals surface area (Å²) in [6.45, 7) is 1.85. The van der Waals surface area contributed by atoms with Crippen molar-refractivity contribution in [3.05, 3.63) is 6.33 Å². The Balaban J connectivity index is 1.87. The standard InChI is InChI=1S/C14H20N6O2S/c15-11-9-12(17-7-16-11)20(13-10(22)8(21)6-23-13)14(18-9)19-4-2-1-3-5-19/h7-8,10,13,21-22H,1-6H2,(H2,15,16,17)/t8-,10-,13-/m1/s1. The summed E-state index contributed by atoms with van der Waals surface area (Å²) in [7, 11) is 0. The molecule has 2 fully saturated rings. The molecule has 0 unspecified atom stereocenters. The summed E-state index contributed by atoms with van der Waals surface area (Å²) in [5, 5.41) is 20.0. The lowest BCUT2D eigenvalue weighted by Gasteiger charge is -2.30. The number of nitrogen functional groups attached to an aromatic ring is 1. The zero-order valence-electron chi connectivity index (χ0n) is 12.7. The van der Waals surface area contributed by atoms with Crippen molar-refractivity contribution < 1.29 is 10.2 Å². The maximum Gasteiger partial charge on any atom is 0.209 e. The first-order valence-corrected chi connectivity index (χ1v) is 8.93. The van der Waals surface area contributed by atoms with Crippen LogP contribution in [0, 0.1) is 0 Å². The number of aliphatic hydroxyl groups is 2. The molecule has 4 rings (SSSR count). The van der Waals surface area contributed by atoms with Crippen LogP contribution in [0.4, 0.5) is 11.8 Å². The van der Waals surface area contributed by atoms with E-state index >= 15 is 0 Å². The van der Waals surface area contributed by atoms with Crippen LogP contribution in [0.25, 0.3) is 11.2 Å². The summed E-state index contributed by atoms with van der Waals surface area (Å²) >= 11 is 1.51. The molecule has 2 aromatic rings. The fraction of sp³-hybridized carbons (Fsp3) is 0.643. The van der Waals surface area contributed by atoms with Crippen molar-refractivity contribution in [2.45, 2.75) is 36.8 Å². The minimum Gasteiger partial charge on any atom is -0.389 e. The number of fused-ring (bicyclic) bond motifs is 1. The van der Waals surface area contributed by atoms with Crippen molar-refractivity contribution >= 4 is 34.7 Å². The minimum atomic E-state index is -0.850. The fourth-order valence-electron chi connectivity index (χ4n) is 3.28. The molecule has 0 amide bonds. The number of imidazole rings is 1. The van der Waals surface area contributed by atoms with Crippen molar-refractivity contribution in [2.24, 2.45) is 0 Å². The lowest BCUT2D eigenvalue weighted by molar-refractivity contribution is 0.0315. The summed E-state index contributed by atoms with van der Waals surface area (Å²) in [4.78, 5) is 15.2. The number of aliphatic hydroxyl groups excluding tert-OH is 2. The van der Waals surface area contributed by atoms with E-state index in [9.17, 15) is 10.2 Å². The van der Waals surface area contributed by atoms with E-state index in [-0.39, 0.29) is 5.37 Å². The molecule has 0 saturated carbocycles. The molecule has 0 aromatic carbocycles. The third kappa shape index (κ3) is 2.43. The molecule has 8 nitrogen and oxygen atoms in total. The Kier molecular flexibility index (Phi) is 3.78. The third-order valence-corrected chi connectivity index (χ3v) is 5.87. The number of hydrogen-bond acceptors (Lipinski definition) is 8. The van der Waals surface area contributed by atoms with Gasteiger partial charge in [0.1, 0.15) is 17.8 Å². The van der Waals surface area contributed by atoms with Crippen LogP contribution < -0.4 is 10.6 Å². The van der Waals surface area contributed by atoms with Crippen molar-refractivity contribution in [3.63, 3.8) is 0 Å². The average molecular weight is 336 g/mol. The SMILES string of the molecule is Nc1ncnc2c1nc(N1CCCCC1)n2[C@@H]1SC[C@@H](O)[C@H]1O. The molecular weight excluding hydrogens is 316 g/mol. The zero-order chi connectivity index (χ0) is 16.0. The van der Waals surface area contributed by atoms with Crippen LogP contribution in [0.2, 0.25) is 0 Å². The zero-order valence-corrected chi connectivity index (χ0v) is 13.5. The summed E-state index contributed by atoms with van der Waals surface area (Å²) < 4.78 is 1.92. The van der Waals surface area contributed by atoms with Gasteiger partial charge in [-0.1, -0.05) is 0 Å². The maximum absolute atomic E-state index is 10.4. The van der Waals surface area contributed by atoms with Gasteiger partial charge in [-0.15, -0.1) is 11.8 Å². The molecule has 2 aromatic heterocycles. The molecular formula is C14H20N6O2S. The van der Waals surface area contributed by atoms with E-state index in [2.05, 4.69) is 19.9 Å². The van der Waals surface area contributed by atoms with E-state index in [0.29, 0.717) is 22.7 Å². The summed E-state index contributed by atoms with van der Waals surface area (Å²) in [5.74, 6) is 1.59. The van der Waals surface area contributed by atoms with Gasteiger partial charge >= 0.3 is 0 Å². The van der Waals surface area contributed by atoms with Gasteiger partial charge in [-0.05, 0) is 19.3 Å². The summed E-state index contributed by atoms with van der Waals surface area (Å²) in [6, 6.07) is 0. The molecule has 124 valence electrons. The molecule has 4 N–H and O–H groups in total. The normalized spacial score (nSPS) is 28.6. The highest BCUT2D eigenvalue weighted by molar-refractivity contribution is 7.99. The van der Waals surface area contributed by atoms with Gasteiger partial charge in [0.05, 0.1) is 6.10 Å². The first-order chi connectivity index (χ1) is 11.2. The van der Waals surface area contributed by atoms with Gasteiger partial charge in [-0.3, -0.25) is 4.57 Å². The predicted molar refractivity (Wildman–Crippen MR) is 89.3 cm³/mol. The van der Waals surface area contributed by atoms with Crippen LogP contribution in [-0.2, 0) is 0 Å². The Hall–Kier alpha value is -1.58. The topological polar surface area (TPSA) is 113 Å². The van der Waals surface area contributed by atoms with Crippen molar-refractivity contribution in [3.8, 4) is 0 Å². The lowest BCUT2D eigenvalue weighted by atomic mass is 10.1. The van der Waals surface area contributed by atoms with Gasteiger partial charge < -0.3 is 20.8 Å². The molecule has 2 aliphatic heterocycles. The highest BCUT2D eigenvalue weighted by atomic mass is 32.2. The highest BCUT2D eigenvalue weighted by Crippen LogP contribution is 2.41. The second-order valence-corrected chi connectivity index (χ2v) is 7.19. The Labute approximate surface area is 137 Å². The van der Waals surface area contributed by atoms with Crippen molar-refractivity contribution in [1.29, 1.82) is 0 Å². The first-order valence-electron chi connectivity index (χ1n) is 7.88. The van der Waals surface area contributed by atoms with Gasteiger partial charge in [0.2, 0.25) is 5.95 Å². The fourth-order valence-corrected chi connectivity index (χ4v) is 4.59. The molecule has 4 heterocycles. The second kappa shape index (κ2) is 5.81. The Bertz CT molecular complexity index is 717. The molecule has 0 radical (unpaired) electrons. The molecule has 23 heavy (non-hydrogen) atoms. The van der Waals surface area contributed by atoms with Gasteiger partial charge in [-0.25, -0.2) is 15.0 Å². The van der Waals surface area contributed by atoms with E-state index in [1.165, 1.54) is 24.5 Å². The third-order valence-electron chi connectivity index (χ3n) is 4.50. The van der Waals surface area contributed by atoms with Crippen LogP contribution >= 0.6 is 11.8 Å². The summed E-state index contributed by atoms with van der Waals surface area (Å²) in [6.07, 6.45) is 3.28. The molecule has 3 atom stereocenters. The number of aromatic nitrogens is 4. The van der Waals surface area contributed by atoms with Crippen LogP contribution in [0.1, 0.15) is 24.6 Å². The van der Waals surface area contributed by atoms with E-state index in [1.54, 1.807) is 0 Å². The highest BCUT2D eigenvalue weighted by Gasteiger charge is 2.39. The van der Waals surface area contributed by atoms with Crippen LogP contribution in [0.3, 0.4) is 0 Å². The Morgan fingerprint density at radius 1 is 1.17 bits per heavy atom. The number of thioether (sulfide) groups is 1. The maximum atomic E-state index is 10.4. The van der Waals surface area contributed by atoms with E-state index in [0.717, 1.165) is 31.9 Å². The average Bonchev–Trinajstić information content (AvgIpc) is 3.11. The lowest BCUT2D eigenvalue weighted by Crippen LogP contribution is -2.34. The van der Waals surface area contributed by atoms with Gasteiger partial charge in [0.25, 0.3) is 0 Å². The second-order valence-electron chi connectivity index (χ2n) is 6.04.